The molecule has 0 aliphatic heterocycles. The lowest BCUT2D eigenvalue weighted by molar-refractivity contribution is -0.119. The van der Waals surface area contributed by atoms with Gasteiger partial charge in [-0.1, -0.05) is 11.8 Å². The number of nitrogens with zero attached hydrogens (tertiary/aromatic N) is 2. The molecule has 7 nitrogen and oxygen atoms in total. The van der Waals surface area contributed by atoms with E-state index in [9.17, 15) is 4.79 Å². The maximum atomic E-state index is 11.9. The Bertz CT molecular complexity index is 721. The number of H-pyrrole nitrogens is 1. The minimum Gasteiger partial charge on any atom is -0.467 e. The smallest absolute Gasteiger partial charge is 0.231 e. The van der Waals surface area contributed by atoms with E-state index in [0.717, 1.165) is 5.76 Å². The van der Waals surface area contributed by atoms with Gasteiger partial charge < -0.3 is 14.2 Å². The van der Waals surface area contributed by atoms with Crippen LogP contribution < -0.4 is 5.32 Å². The number of thioether (sulfide) groups is 1. The Kier molecular flexibility index (Phi) is 4.29. The maximum Gasteiger partial charge on any atom is 0.231 e. The summed E-state index contributed by atoms with van der Waals surface area (Å²) in [7, 11) is 0. The van der Waals surface area contributed by atoms with E-state index in [1.165, 1.54) is 11.8 Å². The molecule has 0 unspecified atom stereocenters. The molecule has 3 aromatic heterocycles. The summed E-state index contributed by atoms with van der Waals surface area (Å²) in [5, 5.41) is 10.2. The predicted octanol–water partition coefficient (Wildman–Crippen LogP) is 2.63. The average Bonchev–Trinajstić information content (AvgIpc) is 3.25. The first-order valence-corrected chi connectivity index (χ1v) is 7.63. The van der Waals surface area contributed by atoms with Gasteiger partial charge in [-0.25, -0.2) is 0 Å². The van der Waals surface area contributed by atoms with Gasteiger partial charge >= 0.3 is 0 Å². The normalized spacial score (nSPS) is 12.2. The van der Waals surface area contributed by atoms with Crippen molar-refractivity contribution in [3.8, 4) is 11.6 Å². The Morgan fingerprint density at radius 1 is 1.36 bits per heavy atom. The van der Waals surface area contributed by atoms with Crippen LogP contribution in [0.4, 0.5) is 0 Å². The van der Waals surface area contributed by atoms with E-state index in [2.05, 4.69) is 20.5 Å². The average molecular weight is 318 g/mol. The molecule has 0 bridgehead atoms. The quantitative estimate of drug-likeness (QED) is 0.678. The van der Waals surface area contributed by atoms with Crippen LogP contribution >= 0.6 is 11.8 Å². The summed E-state index contributed by atoms with van der Waals surface area (Å²) < 4.78 is 10.5. The molecule has 3 heterocycles. The van der Waals surface area contributed by atoms with Crippen LogP contribution in [0.3, 0.4) is 0 Å². The lowest BCUT2D eigenvalue weighted by Crippen LogP contribution is -2.27. The molecule has 22 heavy (non-hydrogen) atoms. The van der Waals surface area contributed by atoms with Gasteiger partial charge in [0.15, 0.2) is 11.6 Å². The second-order valence-corrected chi connectivity index (χ2v) is 5.48. The molecule has 0 aliphatic rings. The summed E-state index contributed by atoms with van der Waals surface area (Å²) in [6, 6.07) is 6.99. The van der Waals surface area contributed by atoms with Crippen LogP contribution in [0.5, 0.6) is 0 Å². The van der Waals surface area contributed by atoms with Crippen LogP contribution in [0.2, 0.25) is 0 Å². The summed E-state index contributed by atoms with van der Waals surface area (Å²) in [5.74, 6) is 1.97. The number of aromatic amines is 1. The fourth-order valence-electron chi connectivity index (χ4n) is 1.86. The monoisotopic (exact) mass is 318 g/mol. The van der Waals surface area contributed by atoms with Crippen molar-refractivity contribution in [2.45, 2.75) is 18.1 Å². The van der Waals surface area contributed by atoms with Crippen LogP contribution in [-0.4, -0.2) is 26.8 Å². The maximum absolute atomic E-state index is 11.9. The van der Waals surface area contributed by atoms with Crippen LogP contribution in [0, 0.1) is 0 Å². The third-order valence-electron chi connectivity index (χ3n) is 2.90. The van der Waals surface area contributed by atoms with Gasteiger partial charge in [-0.05, 0) is 31.2 Å². The van der Waals surface area contributed by atoms with Crippen LogP contribution in [0.25, 0.3) is 11.6 Å². The predicted molar refractivity (Wildman–Crippen MR) is 80.1 cm³/mol. The highest BCUT2D eigenvalue weighted by Gasteiger charge is 2.14. The summed E-state index contributed by atoms with van der Waals surface area (Å²) in [5.41, 5.74) is 0. The fraction of sp³-hybridized carbons (Fsp3) is 0.214. The Morgan fingerprint density at radius 3 is 2.91 bits per heavy atom. The van der Waals surface area contributed by atoms with Gasteiger partial charge in [-0.15, -0.1) is 5.10 Å². The highest BCUT2D eigenvalue weighted by Crippen LogP contribution is 2.19. The molecule has 0 spiro atoms. The third kappa shape index (κ3) is 3.40. The number of hydrogen-bond donors (Lipinski definition) is 2. The molecule has 0 aromatic carbocycles. The van der Waals surface area contributed by atoms with Gasteiger partial charge in [-0.2, -0.15) is 4.98 Å². The number of amides is 1. The van der Waals surface area contributed by atoms with Crippen molar-refractivity contribution in [3.63, 3.8) is 0 Å². The van der Waals surface area contributed by atoms with Gasteiger partial charge in [0.2, 0.25) is 11.1 Å². The van der Waals surface area contributed by atoms with Crippen molar-refractivity contribution in [1.29, 1.82) is 0 Å². The van der Waals surface area contributed by atoms with Crippen molar-refractivity contribution in [2.24, 2.45) is 0 Å². The molecule has 0 saturated carbocycles. The van der Waals surface area contributed by atoms with Crippen molar-refractivity contribution in [2.75, 3.05) is 5.75 Å². The SMILES string of the molecule is C[C@@H](NC(=O)CSc1n[nH]c(-c2ccco2)n1)c1ccco1. The largest absolute Gasteiger partial charge is 0.467 e. The molecule has 0 aliphatic carbocycles. The van der Waals surface area contributed by atoms with Crippen LogP contribution in [-0.2, 0) is 4.79 Å². The number of aromatic nitrogens is 3. The number of hydrogen-bond acceptors (Lipinski definition) is 6. The van der Waals surface area contributed by atoms with Crippen molar-refractivity contribution >= 4 is 17.7 Å². The molecule has 3 rings (SSSR count). The number of nitrogens with one attached hydrogen (secondary N) is 2. The zero-order chi connectivity index (χ0) is 15.4. The highest BCUT2D eigenvalue weighted by molar-refractivity contribution is 7.99. The standard InChI is InChI=1S/C14H14N4O3S/c1-9(10-4-2-6-20-10)15-12(19)8-22-14-16-13(17-18-14)11-5-3-7-21-11/h2-7,9H,8H2,1H3,(H,15,19)(H,16,17,18)/t9-/m1/s1. The second-order valence-electron chi connectivity index (χ2n) is 4.54. The summed E-state index contributed by atoms with van der Waals surface area (Å²) in [6.07, 6.45) is 3.14. The molecule has 114 valence electrons. The second kappa shape index (κ2) is 6.52. The minimum absolute atomic E-state index is 0.113. The lowest BCUT2D eigenvalue weighted by atomic mass is 10.2. The Labute approximate surface area is 130 Å². The van der Waals surface area contributed by atoms with Crippen molar-refractivity contribution in [3.05, 3.63) is 42.6 Å². The van der Waals surface area contributed by atoms with E-state index in [1.807, 2.05) is 13.0 Å². The van der Waals surface area contributed by atoms with E-state index < -0.39 is 0 Å². The molecule has 8 heteroatoms. The lowest BCUT2D eigenvalue weighted by Gasteiger charge is -2.10. The Morgan fingerprint density at radius 2 is 2.18 bits per heavy atom. The number of carbonyl (C=O) groups excluding carboxylic acids is 1. The Hall–Kier alpha value is -2.48. The zero-order valence-electron chi connectivity index (χ0n) is 11.8. The van der Waals surface area contributed by atoms with E-state index in [1.54, 1.807) is 30.7 Å². The number of furan rings is 2. The molecule has 1 atom stereocenters. The molecule has 0 saturated heterocycles. The minimum atomic E-state index is -0.172. The van der Waals surface area contributed by atoms with Crippen LogP contribution in [0.1, 0.15) is 18.7 Å². The molecule has 2 N–H and O–H groups in total. The van der Waals surface area contributed by atoms with Crippen molar-refractivity contribution in [1.82, 2.24) is 20.5 Å². The number of rotatable bonds is 6. The van der Waals surface area contributed by atoms with Gasteiger partial charge in [0.25, 0.3) is 0 Å². The first-order valence-electron chi connectivity index (χ1n) is 6.64. The highest BCUT2D eigenvalue weighted by atomic mass is 32.2. The molecular weight excluding hydrogens is 304 g/mol. The first-order chi connectivity index (χ1) is 10.7. The summed E-state index contributed by atoms with van der Waals surface area (Å²) in [6.45, 7) is 1.86. The zero-order valence-corrected chi connectivity index (χ0v) is 12.6. The van der Waals surface area contributed by atoms with Crippen LogP contribution in [0.15, 0.2) is 50.8 Å². The van der Waals surface area contributed by atoms with Gasteiger partial charge in [-0.3, -0.25) is 9.89 Å². The van der Waals surface area contributed by atoms with E-state index >= 15 is 0 Å². The first kappa shape index (κ1) is 14.5. The third-order valence-corrected chi connectivity index (χ3v) is 3.75. The fourth-order valence-corrected chi connectivity index (χ4v) is 2.47. The topological polar surface area (TPSA) is 97.0 Å². The van der Waals surface area contributed by atoms with E-state index in [-0.39, 0.29) is 17.7 Å². The van der Waals surface area contributed by atoms with Gasteiger partial charge in [0, 0.05) is 0 Å². The molecular formula is C14H14N4O3S. The summed E-state index contributed by atoms with van der Waals surface area (Å²) in [4.78, 5) is 16.2. The summed E-state index contributed by atoms with van der Waals surface area (Å²) >= 11 is 1.25. The van der Waals surface area contributed by atoms with Crippen molar-refractivity contribution < 1.29 is 13.6 Å². The number of carbonyl (C=O) groups is 1. The van der Waals surface area contributed by atoms with E-state index in [0.29, 0.717) is 16.7 Å². The molecule has 0 fully saturated rings. The Balaban J connectivity index is 1.51. The van der Waals surface area contributed by atoms with Gasteiger partial charge in [0.1, 0.15) is 5.76 Å². The van der Waals surface area contributed by atoms with E-state index in [4.69, 9.17) is 8.83 Å². The van der Waals surface area contributed by atoms with Gasteiger partial charge in [0.05, 0.1) is 24.3 Å². The molecule has 0 radical (unpaired) electrons. The molecule has 1 amide bonds. The molecule has 3 aromatic rings.